The summed E-state index contributed by atoms with van der Waals surface area (Å²) in [6.45, 7) is 0. The van der Waals surface area contributed by atoms with Crippen molar-refractivity contribution in [2.75, 3.05) is 0 Å². The molecule has 1 saturated carbocycles. The van der Waals surface area contributed by atoms with Crippen LogP contribution in [-0.4, -0.2) is 20.7 Å². The van der Waals surface area contributed by atoms with Crippen molar-refractivity contribution >= 4 is 21.9 Å². The largest absolute Gasteiger partial charge is 0.261 e. The van der Waals surface area contributed by atoms with Crippen LogP contribution < -0.4 is 4.72 Å². The Morgan fingerprint density at radius 2 is 1.61 bits per heavy atom. The van der Waals surface area contributed by atoms with Crippen molar-refractivity contribution < 1.29 is 8.42 Å². The molecular weight excluding hydrogens is 308 g/mol. The molecule has 23 heavy (non-hydrogen) atoms. The molecule has 1 N–H and O–H groups in total. The summed E-state index contributed by atoms with van der Waals surface area (Å²) in [5, 5.41) is 0. The molecule has 0 bridgehead atoms. The first-order valence-electron chi connectivity index (χ1n) is 8.51. The smallest absolute Gasteiger partial charge is 0.240 e. The number of hydrogen-bond acceptors (Lipinski definition) is 3. The van der Waals surface area contributed by atoms with Crippen molar-refractivity contribution in [3.05, 3.63) is 35.9 Å². The summed E-state index contributed by atoms with van der Waals surface area (Å²) < 4.78 is 28.0. The van der Waals surface area contributed by atoms with Crippen molar-refractivity contribution in [2.24, 2.45) is 4.99 Å². The first-order valence-corrected chi connectivity index (χ1v) is 9.99. The second kappa shape index (κ2) is 7.41. The molecule has 0 saturated heterocycles. The van der Waals surface area contributed by atoms with Crippen molar-refractivity contribution in [3.8, 4) is 0 Å². The van der Waals surface area contributed by atoms with Crippen molar-refractivity contribution in [2.45, 2.75) is 62.3 Å². The van der Waals surface area contributed by atoms with Crippen LogP contribution in [0.5, 0.6) is 0 Å². The molecule has 1 heterocycles. The van der Waals surface area contributed by atoms with E-state index in [0.29, 0.717) is 4.90 Å². The van der Waals surface area contributed by atoms with Gasteiger partial charge in [-0.25, -0.2) is 13.1 Å². The van der Waals surface area contributed by atoms with Gasteiger partial charge in [-0.05, 0) is 30.5 Å². The minimum absolute atomic E-state index is 0.0714. The van der Waals surface area contributed by atoms with Gasteiger partial charge in [-0.1, -0.05) is 50.3 Å². The number of sulfonamides is 1. The van der Waals surface area contributed by atoms with Crippen molar-refractivity contribution in [1.82, 2.24) is 4.72 Å². The van der Waals surface area contributed by atoms with Crippen LogP contribution in [0.25, 0.3) is 5.70 Å². The Bertz CT molecular complexity index is 682. The lowest BCUT2D eigenvalue weighted by atomic mass is 9.97. The second-order valence-corrected chi connectivity index (χ2v) is 8.04. The fourth-order valence-corrected chi connectivity index (χ4v) is 4.53. The monoisotopic (exact) mass is 332 g/mol. The average molecular weight is 332 g/mol. The predicted octanol–water partition coefficient (Wildman–Crippen LogP) is 3.89. The average Bonchev–Trinajstić information content (AvgIpc) is 3.04. The summed E-state index contributed by atoms with van der Waals surface area (Å²) in [5.74, 6) is 0. The summed E-state index contributed by atoms with van der Waals surface area (Å²) in [6.07, 6.45) is 12.5. The quantitative estimate of drug-likeness (QED) is 0.909. The Hall–Kier alpha value is -1.46. The van der Waals surface area contributed by atoms with Crippen LogP contribution in [0, 0.1) is 0 Å². The lowest BCUT2D eigenvalue weighted by Crippen LogP contribution is -2.35. The maximum Gasteiger partial charge on any atom is 0.240 e. The molecule has 2 aliphatic rings. The van der Waals surface area contributed by atoms with Gasteiger partial charge in [-0.3, -0.25) is 4.99 Å². The maximum atomic E-state index is 12.6. The molecule has 0 unspecified atom stereocenters. The van der Waals surface area contributed by atoms with Crippen LogP contribution in [0.4, 0.5) is 0 Å². The minimum atomic E-state index is -3.44. The van der Waals surface area contributed by atoms with Crippen LogP contribution in [0.1, 0.15) is 56.9 Å². The van der Waals surface area contributed by atoms with E-state index in [4.69, 9.17) is 0 Å². The summed E-state index contributed by atoms with van der Waals surface area (Å²) in [7, 11) is -3.44. The highest BCUT2D eigenvalue weighted by Crippen LogP contribution is 2.23. The van der Waals surface area contributed by atoms with E-state index >= 15 is 0 Å². The molecule has 4 nitrogen and oxygen atoms in total. The number of hydrogen-bond donors (Lipinski definition) is 1. The van der Waals surface area contributed by atoms with E-state index < -0.39 is 10.0 Å². The first kappa shape index (κ1) is 16.4. The molecule has 5 heteroatoms. The van der Waals surface area contributed by atoms with Gasteiger partial charge in [-0.2, -0.15) is 0 Å². The number of allylic oxidation sites excluding steroid dienone is 1. The third kappa shape index (κ3) is 4.30. The van der Waals surface area contributed by atoms with Crippen LogP contribution >= 0.6 is 0 Å². The fourth-order valence-electron chi connectivity index (χ4n) is 3.23. The molecule has 0 amide bonds. The van der Waals surface area contributed by atoms with Gasteiger partial charge in [0.1, 0.15) is 0 Å². The zero-order chi connectivity index (χ0) is 16.1. The normalized spacial score (nSPS) is 20.1. The zero-order valence-electron chi connectivity index (χ0n) is 13.4. The van der Waals surface area contributed by atoms with Gasteiger partial charge in [-0.15, -0.1) is 0 Å². The molecular formula is C18H24N2O2S. The number of aliphatic imine (C=N–C) groups is 1. The van der Waals surface area contributed by atoms with Gasteiger partial charge in [0.25, 0.3) is 0 Å². The highest BCUT2D eigenvalue weighted by Gasteiger charge is 2.20. The number of rotatable bonds is 4. The minimum Gasteiger partial charge on any atom is -0.261 e. The first-order chi connectivity index (χ1) is 11.1. The molecule has 124 valence electrons. The summed E-state index contributed by atoms with van der Waals surface area (Å²) in [4.78, 5) is 4.62. The van der Waals surface area contributed by atoms with E-state index in [1.54, 1.807) is 12.1 Å². The van der Waals surface area contributed by atoms with E-state index in [0.717, 1.165) is 43.4 Å². The maximum absolute atomic E-state index is 12.6. The molecule has 1 aliphatic heterocycles. The standard InChI is InChI=1S/C18H24N2O2S/c21-23(22,20-16-7-4-2-1-3-5-8-16)17-12-10-15(11-13-17)18-9-6-14-19-18/h9-14,16,20H,1-8H2. The Balaban J connectivity index is 1.69. The Labute approximate surface area is 138 Å². The van der Waals surface area contributed by atoms with E-state index in [9.17, 15) is 8.42 Å². The number of benzene rings is 1. The Morgan fingerprint density at radius 1 is 0.957 bits per heavy atom. The topological polar surface area (TPSA) is 58.5 Å². The molecule has 0 aromatic heterocycles. The third-order valence-electron chi connectivity index (χ3n) is 4.53. The fraction of sp³-hybridized carbons (Fsp3) is 0.500. The van der Waals surface area contributed by atoms with Crippen LogP contribution in [0.3, 0.4) is 0 Å². The lowest BCUT2D eigenvalue weighted by molar-refractivity contribution is 0.426. The molecule has 1 fully saturated rings. The molecule has 0 spiro atoms. The molecule has 3 rings (SSSR count). The van der Waals surface area contributed by atoms with E-state index in [1.807, 2.05) is 24.4 Å². The molecule has 0 atom stereocenters. The number of nitrogens with zero attached hydrogens (tertiary/aromatic N) is 1. The van der Waals surface area contributed by atoms with Crippen LogP contribution in [0.2, 0.25) is 0 Å². The second-order valence-electron chi connectivity index (χ2n) is 6.32. The molecule has 1 aromatic rings. The molecule has 1 aromatic carbocycles. The van der Waals surface area contributed by atoms with Crippen LogP contribution in [-0.2, 0) is 10.0 Å². The Morgan fingerprint density at radius 3 is 2.22 bits per heavy atom. The number of nitrogens with one attached hydrogen (secondary N) is 1. The van der Waals surface area contributed by atoms with Gasteiger partial charge in [0.15, 0.2) is 0 Å². The van der Waals surface area contributed by atoms with E-state index in [-0.39, 0.29) is 6.04 Å². The third-order valence-corrected chi connectivity index (χ3v) is 6.07. The van der Waals surface area contributed by atoms with E-state index in [2.05, 4.69) is 9.71 Å². The van der Waals surface area contributed by atoms with Crippen molar-refractivity contribution in [1.29, 1.82) is 0 Å². The van der Waals surface area contributed by atoms with Crippen molar-refractivity contribution in [3.63, 3.8) is 0 Å². The summed E-state index contributed by atoms with van der Waals surface area (Å²) in [5.41, 5.74) is 1.88. The van der Waals surface area contributed by atoms with Gasteiger partial charge in [0.2, 0.25) is 10.0 Å². The van der Waals surface area contributed by atoms with Gasteiger partial charge in [0.05, 0.1) is 10.6 Å². The van der Waals surface area contributed by atoms with Gasteiger partial charge >= 0.3 is 0 Å². The highest BCUT2D eigenvalue weighted by atomic mass is 32.2. The highest BCUT2D eigenvalue weighted by molar-refractivity contribution is 7.89. The Kier molecular flexibility index (Phi) is 5.28. The molecule has 0 radical (unpaired) electrons. The zero-order valence-corrected chi connectivity index (χ0v) is 14.2. The summed E-state index contributed by atoms with van der Waals surface area (Å²) in [6, 6.07) is 7.09. The SMILES string of the molecule is O=S(=O)(NC1CCCCCCC1)c1ccc(C2=CCC=N2)cc1. The van der Waals surface area contributed by atoms with Gasteiger partial charge < -0.3 is 0 Å². The van der Waals surface area contributed by atoms with Gasteiger partial charge in [0, 0.05) is 18.7 Å². The molecule has 1 aliphatic carbocycles. The van der Waals surface area contributed by atoms with Crippen LogP contribution in [0.15, 0.2) is 40.2 Å². The summed E-state index contributed by atoms with van der Waals surface area (Å²) >= 11 is 0. The predicted molar refractivity (Wildman–Crippen MR) is 94.0 cm³/mol. The van der Waals surface area contributed by atoms with E-state index in [1.165, 1.54) is 19.3 Å². The lowest BCUT2D eigenvalue weighted by Gasteiger charge is -2.21.